The third kappa shape index (κ3) is 2.91. The monoisotopic (exact) mass is 325 g/mol. The van der Waals surface area contributed by atoms with Gasteiger partial charge in [0.2, 0.25) is 0 Å². The van der Waals surface area contributed by atoms with Crippen molar-refractivity contribution in [2.75, 3.05) is 12.1 Å². The highest BCUT2D eigenvalue weighted by Crippen LogP contribution is 2.24. The van der Waals surface area contributed by atoms with Crippen LogP contribution in [0.1, 0.15) is 29.8 Å². The number of hydrogen-bond donors (Lipinski definition) is 3. The van der Waals surface area contributed by atoms with E-state index >= 15 is 0 Å². The number of aromatic nitrogens is 2. The van der Waals surface area contributed by atoms with E-state index in [9.17, 15) is 0 Å². The first kappa shape index (κ1) is 16.2. The number of nitrogens with one attached hydrogen (secondary N) is 1. The van der Waals surface area contributed by atoms with Crippen molar-refractivity contribution in [3.8, 4) is 0 Å². The molecule has 2 heterocycles. The molecule has 1 aromatic carbocycles. The normalized spacial score (nSPS) is 18.6. The quantitative estimate of drug-likeness (QED) is 0.736. The highest BCUT2D eigenvalue weighted by Gasteiger charge is 2.27. The van der Waals surface area contributed by atoms with Crippen molar-refractivity contribution in [2.45, 2.75) is 19.4 Å². The molecule has 2 aromatic rings. The fourth-order valence-electron chi connectivity index (χ4n) is 2.76. The Labute approximate surface area is 141 Å². The fourth-order valence-corrected chi connectivity index (χ4v) is 2.76. The minimum absolute atomic E-state index is 0.0206. The van der Waals surface area contributed by atoms with E-state index in [-0.39, 0.29) is 6.04 Å². The number of hydrazine groups is 1. The van der Waals surface area contributed by atoms with Gasteiger partial charge >= 0.3 is 0 Å². The minimum Gasteiger partial charge on any atom is -0.324 e. The number of hydrogen-bond acceptors (Lipinski definition) is 5. The Hall–Kier alpha value is -2.64. The Morgan fingerprint density at radius 2 is 2.21 bits per heavy atom. The molecular formula is C17H23N7. The number of rotatable bonds is 3. The van der Waals surface area contributed by atoms with Crippen molar-refractivity contribution in [2.24, 2.45) is 23.6 Å². The first-order valence-electron chi connectivity index (χ1n) is 7.86. The summed E-state index contributed by atoms with van der Waals surface area (Å²) >= 11 is 0. The van der Waals surface area contributed by atoms with Crippen LogP contribution in [0.25, 0.3) is 0 Å². The maximum Gasteiger partial charge on any atom is 0.160 e. The second-order valence-corrected chi connectivity index (χ2v) is 5.92. The smallest absolute Gasteiger partial charge is 0.160 e. The Morgan fingerprint density at radius 3 is 2.92 bits per heavy atom. The molecule has 0 spiro atoms. The molecule has 0 amide bonds. The number of allylic oxidation sites excluding steroid dienone is 1. The van der Waals surface area contributed by atoms with E-state index in [0.717, 1.165) is 29.3 Å². The van der Waals surface area contributed by atoms with Gasteiger partial charge in [-0.25, -0.2) is 15.8 Å². The van der Waals surface area contributed by atoms with E-state index < -0.39 is 0 Å². The van der Waals surface area contributed by atoms with Crippen LogP contribution in [0.15, 0.2) is 47.5 Å². The standard InChI is InChI=1S/C17H23N7/c1-11(18)13-6-4-5-12(9-13)7-8-14-22-16(20-2)15-17(24(14)19)23(3)10-21-15/h4-6,8-11H,7,18-19H2,1-3H3,(H,20,22)/b14-8-. The molecule has 1 aliphatic heterocycles. The van der Waals surface area contributed by atoms with Crippen molar-refractivity contribution in [3.05, 3.63) is 59.3 Å². The molecule has 5 N–H and O–H groups in total. The highest BCUT2D eigenvalue weighted by molar-refractivity contribution is 6.04. The zero-order chi connectivity index (χ0) is 17.3. The summed E-state index contributed by atoms with van der Waals surface area (Å²) in [6.45, 7) is 1.98. The molecule has 7 nitrogen and oxygen atoms in total. The molecule has 0 bridgehead atoms. The molecule has 0 saturated carbocycles. The van der Waals surface area contributed by atoms with E-state index in [1.165, 1.54) is 5.56 Å². The molecule has 7 heteroatoms. The summed E-state index contributed by atoms with van der Waals surface area (Å²) < 4.78 is 1.88. The molecule has 1 aliphatic rings. The number of nitrogens with two attached hydrogens (primary N) is 2. The summed E-state index contributed by atoms with van der Waals surface area (Å²) in [4.78, 5) is 8.62. The SMILES string of the molecule is CN=C1N/C(=C/Cc2cccc(C(C)N)c2)N(N)c2c1ncn2C. The van der Waals surface area contributed by atoms with Gasteiger partial charge in [-0.2, -0.15) is 0 Å². The predicted molar refractivity (Wildman–Crippen MR) is 96.3 cm³/mol. The van der Waals surface area contributed by atoms with Crippen LogP contribution in [0.5, 0.6) is 0 Å². The summed E-state index contributed by atoms with van der Waals surface area (Å²) in [6, 6.07) is 8.29. The van der Waals surface area contributed by atoms with Crippen molar-refractivity contribution < 1.29 is 0 Å². The second kappa shape index (κ2) is 6.46. The van der Waals surface area contributed by atoms with Crippen LogP contribution in [0.4, 0.5) is 5.82 Å². The zero-order valence-electron chi connectivity index (χ0n) is 14.2. The fraction of sp³-hybridized carbons (Fsp3) is 0.294. The minimum atomic E-state index is 0.0206. The Bertz CT molecular complexity index is 801. The summed E-state index contributed by atoms with van der Waals surface area (Å²) in [7, 11) is 3.64. The van der Waals surface area contributed by atoms with Gasteiger partial charge in [0.05, 0.1) is 6.33 Å². The highest BCUT2D eigenvalue weighted by atomic mass is 15.5. The molecular weight excluding hydrogens is 302 g/mol. The van der Waals surface area contributed by atoms with Crippen LogP contribution >= 0.6 is 0 Å². The first-order valence-corrected chi connectivity index (χ1v) is 7.86. The lowest BCUT2D eigenvalue weighted by Crippen LogP contribution is -2.46. The number of fused-ring (bicyclic) bond motifs is 1. The third-order valence-electron chi connectivity index (χ3n) is 4.10. The van der Waals surface area contributed by atoms with E-state index in [1.807, 2.05) is 36.7 Å². The molecule has 1 aromatic heterocycles. The summed E-state index contributed by atoms with van der Waals surface area (Å²) in [5, 5.41) is 4.85. The molecule has 24 heavy (non-hydrogen) atoms. The Morgan fingerprint density at radius 1 is 1.42 bits per heavy atom. The summed E-state index contributed by atoms with van der Waals surface area (Å²) in [6.07, 6.45) is 4.51. The van der Waals surface area contributed by atoms with Gasteiger partial charge in [-0.1, -0.05) is 24.3 Å². The van der Waals surface area contributed by atoms with Gasteiger partial charge < -0.3 is 15.6 Å². The van der Waals surface area contributed by atoms with Crippen LogP contribution in [0, 0.1) is 0 Å². The van der Waals surface area contributed by atoms with Crippen molar-refractivity contribution in [3.63, 3.8) is 0 Å². The van der Waals surface area contributed by atoms with Crippen LogP contribution in [-0.2, 0) is 13.5 Å². The molecule has 126 valence electrons. The van der Waals surface area contributed by atoms with Gasteiger partial charge in [0.1, 0.15) is 11.5 Å². The Kier molecular flexibility index (Phi) is 4.37. The van der Waals surface area contributed by atoms with Crippen LogP contribution < -0.4 is 21.9 Å². The van der Waals surface area contributed by atoms with Crippen molar-refractivity contribution in [1.82, 2.24) is 14.9 Å². The van der Waals surface area contributed by atoms with Gasteiger partial charge in [0, 0.05) is 20.1 Å². The van der Waals surface area contributed by atoms with E-state index in [0.29, 0.717) is 5.84 Å². The van der Waals surface area contributed by atoms with Gasteiger partial charge in [-0.3, -0.25) is 4.99 Å². The molecule has 1 unspecified atom stereocenters. The van der Waals surface area contributed by atoms with Crippen molar-refractivity contribution >= 4 is 11.7 Å². The lowest BCUT2D eigenvalue weighted by atomic mass is 10.0. The maximum absolute atomic E-state index is 6.26. The lowest BCUT2D eigenvalue weighted by Gasteiger charge is -2.29. The van der Waals surface area contributed by atoms with Gasteiger partial charge in [-0.05, 0) is 30.5 Å². The average molecular weight is 325 g/mol. The molecule has 0 fully saturated rings. The maximum atomic E-state index is 6.26. The number of benzene rings is 1. The number of amidine groups is 1. The average Bonchev–Trinajstić information content (AvgIpc) is 2.97. The first-order chi connectivity index (χ1) is 11.5. The lowest BCUT2D eigenvalue weighted by molar-refractivity contribution is 0.804. The number of imidazole rings is 1. The number of aryl methyl sites for hydroxylation is 1. The van der Waals surface area contributed by atoms with Gasteiger partial charge in [-0.15, -0.1) is 0 Å². The van der Waals surface area contributed by atoms with E-state index in [1.54, 1.807) is 18.4 Å². The Balaban J connectivity index is 1.88. The van der Waals surface area contributed by atoms with E-state index in [2.05, 4.69) is 27.4 Å². The second-order valence-electron chi connectivity index (χ2n) is 5.92. The van der Waals surface area contributed by atoms with E-state index in [4.69, 9.17) is 11.6 Å². The summed E-state index contributed by atoms with van der Waals surface area (Å²) in [5.74, 6) is 8.56. The van der Waals surface area contributed by atoms with Crippen LogP contribution in [0.3, 0.4) is 0 Å². The van der Waals surface area contributed by atoms with Gasteiger partial charge in [0.25, 0.3) is 0 Å². The predicted octanol–water partition coefficient (Wildman–Crippen LogP) is 1.18. The number of nitrogens with zero attached hydrogens (tertiary/aromatic N) is 4. The largest absolute Gasteiger partial charge is 0.324 e. The topological polar surface area (TPSA) is 97.5 Å². The van der Waals surface area contributed by atoms with Crippen LogP contribution in [-0.4, -0.2) is 22.4 Å². The molecule has 3 rings (SSSR count). The van der Waals surface area contributed by atoms with Crippen LogP contribution in [0.2, 0.25) is 0 Å². The third-order valence-corrected chi connectivity index (χ3v) is 4.10. The molecule has 0 aliphatic carbocycles. The zero-order valence-corrected chi connectivity index (χ0v) is 14.2. The molecule has 0 saturated heterocycles. The molecule has 0 radical (unpaired) electrons. The number of anilines is 1. The number of aliphatic imine (C=N–C) groups is 1. The molecule has 1 atom stereocenters. The summed E-state index contributed by atoms with van der Waals surface area (Å²) in [5.41, 5.74) is 9.01. The van der Waals surface area contributed by atoms with Crippen molar-refractivity contribution in [1.29, 1.82) is 0 Å². The van der Waals surface area contributed by atoms with Gasteiger partial charge in [0.15, 0.2) is 11.7 Å².